The van der Waals surface area contributed by atoms with Gasteiger partial charge in [0.1, 0.15) is 6.04 Å². The number of likely N-dealkylation sites (N-methyl/N-ethyl adjacent to an activating group) is 2. The van der Waals surface area contributed by atoms with Crippen LogP contribution in [0.2, 0.25) is 0 Å². The highest BCUT2D eigenvalue weighted by molar-refractivity contribution is 7.80. The zero-order valence-corrected chi connectivity index (χ0v) is 7.34. The van der Waals surface area contributed by atoms with Gasteiger partial charge in [0.05, 0.1) is 0 Å². The number of hydrogen-bond donors (Lipinski definition) is 1. The largest absolute Gasteiger partial charge is 0.326 e. The molecule has 0 aromatic rings. The van der Waals surface area contributed by atoms with Crippen molar-refractivity contribution < 1.29 is 9.59 Å². The van der Waals surface area contributed by atoms with Crippen molar-refractivity contribution in [2.24, 2.45) is 0 Å². The molecular formula is C6H10N2O2S. The summed E-state index contributed by atoms with van der Waals surface area (Å²) in [6.45, 7) is 0. The molecule has 1 aliphatic rings. The lowest BCUT2D eigenvalue weighted by Crippen LogP contribution is -2.32. The minimum Gasteiger partial charge on any atom is -0.314 e. The standard InChI is InChI=1S/C6H10N2O2S/c1-7-4(3-11)5(9)8(2)6(7)10/h4,11H,3H2,1-2H3. The van der Waals surface area contributed by atoms with Gasteiger partial charge in [-0.2, -0.15) is 12.6 Å². The highest BCUT2D eigenvalue weighted by Crippen LogP contribution is 2.13. The first-order valence-corrected chi connectivity index (χ1v) is 3.88. The highest BCUT2D eigenvalue weighted by atomic mass is 32.1. The van der Waals surface area contributed by atoms with E-state index in [0.717, 1.165) is 4.90 Å². The van der Waals surface area contributed by atoms with Gasteiger partial charge in [0.25, 0.3) is 5.91 Å². The molecule has 0 N–H and O–H groups in total. The average molecular weight is 174 g/mol. The van der Waals surface area contributed by atoms with Crippen molar-refractivity contribution in [2.75, 3.05) is 19.8 Å². The maximum atomic E-state index is 11.2. The summed E-state index contributed by atoms with van der Waals surface area (Å²) >= 11 is 3.97. The van der Waals surface area contributed by atoms with Crippen molar-refractivity contribution in [2.45, 2.75) is 6.04 Å². The molecular weight excluding hydrogens is 164 g/mol. The van der Waals surface area contributed by atoms with Gasteiger partial charge in [0.2, 0.25) is 0 Å². The van der Waals surface area contributed by atoms with E-state index in [0.29, 0.717) is 5.75 Å². The Bertz CT molecular complexity index is 207. The number of carbonyl (C=O) groups excluding carboxylic acids is 2. The second-order valence-electron chi connectivity index (χ2n) is 2.49. The fourth-order valence-corrected chi connectivity index (χ4v) is 1.46. The van der Waals surface area contributed by atoms with E-state index in [1.54, 1.807) is 7.05 Å². The Labute approximate surface area is 70.6 Å². The van der Waals surface area contributed by atoms with Gasteiger partial charge in [-0.1, -0.05) is 0 Å². The predicted molar refractivity (Wildman–Crippen MR) is 43.6 cm³/mol. The summed E-state index contributed by atoms with van der Waals surface area (Å²) in [4.78, 5) is 24.8. The third-order valence-electron chi connectivity index (χ3n) is 1.84. The number of carbonyl (C=O) groups is 2. The van der Waals surface area contributed by atoms with Crippen LogP contribution in [0, 0.1) is 0 Å². The van der Waals surface area contributed by atoms with E-state index < -0.39 is 0 Å². The van der Waals surface area contributed by atoms with Gasteiger partial charge in [0.15, 0.2) is 0 Å². The van der Waals surface area contributed by atoms with E-state index in [9.17, 15) is 9.59 Å². The number of nitrogens with zero attached hydrogens (tertiary/aromatic N) is 2. The molecule has 5 heteroatoms. The number of thiol groups is 1. The molecule has 0 bridgehead atoms. The zero-order valence-electron chi connectivity index (χ0n) is 6.44. The second-order valence-corrected chi connectivity index (χ2v) is 2.85. The van der Waals surface area contributed by atoms with Crippen LogP contribution in [0.1, 0.15) is 0 Å². The quantitative estimate of drug-likeness (QED) is 0.442. The lowest BCUT2D eigenvalue weighted by atomic mass is 10.3. The summed E-state index contributed by atoms with van der Waals surface area (Å²) in [7, 11) is 3.08. The van der Waals surface area contributed by atoms with E-state index >= 15 is 0 Å². The summed E-state index contributed by atoms with van der Waals surface area (Å²) < 4.78 is 0. The molecule has 1 atom stereocenters. The lowest BCUT2D eigenvalue weighted by Gasteiger charge is -2.12. The van der Waals surface area contributed by atoms with Crippen molar-refractivity contribution >= 4 is 24.6 Å². The topological polar surface area (TPSA) is 40.6 Å². The van der Waals surface area contributed by atoms with Crippen molar-refractivity contribution in [3.63, 3.8) is 0 Å². The summed E-state index contributed by atoms with van der Waals surface area (Å²) in [5.74, 6) is 0.207. The minimum absolute atomic E-state index is 0.174. The van der Waals surface area contributed by atoms with Crippen LogP contribution < -0.4 is 0 Å². The van der Waals surface area contributed by atoms with Crippen molar-refractivity contribution in [3.8, 4) is 0 Å². The van der Waals surface area contributed by atoms with Gasteiger partial charge in [-0.05, 0) is 0 Å². The predicted octanol–water partition coefficient (Wildman–Crippen LogP) is -0.191. The van der Waals surface area contributed by atoms with Gasteiger partial charge in [-0.25, -0.2) is 4.79 Å². The summed E-state index contributed by atoms with van der Waals surface area (Å²) in [6, 6.07) is -0.634. The maximum absolute atomic E-state index is 11.2. The van der Waals surface area contributed by atoms with Crippen LogP contribution in [0.4, 0.5) is 4.79 Å². The Kier molecular flexibility index (Phi) is 2.08. The molecule has 0 radical (unpaired) electrons. The SMILES string of the molecule is CN1C(=O)C(CS)N(C)C1=O. The third kappa shape index (κ3) is 1.09. The molecule has 11 heavy (non-hydrogen) atoms. The van der Waals surface area contributed by atoms with Crippen LogP contribution in [0.25, 0.3) is 0 Å². The first-order valence-electron chi connectivity index (χ1n) is 3.24. The van der Waals surface area contributed by atoms with E-state index in [4.69, 9.17) is 0 Å². The highest BCUT2D eigenvalue weighted by Gasteiger charge is 2.39. The second kappa shape index (κ2) is 2.73. The van der Waals surface area contributed by atoms with Crippen molar-refractivity contribution in [1.82, 2.24) is 9.80 Å². The minimum atomic E-state index is -0.379. The third-order valence-corrected chi connectivity index (χ3v) is 2.19. The van der Waals surface area contributed by atoms with Crippen LogP contribution in [0.3, 0.4) is 0 Å². The Hall–Kier alpha value is -0.710. The van der Waals surface area contributed by atoms with Gasteiger partial charge in [-0.3, -0.25) is 9.69 Å². The molecule has 0 aliphatic carbocycles. The van der Waals surface area contributed by atoms with Crippen LogP contribution in [0.15, 0.2) is 0 Å². The van der Waals surface area contributed by atoms with Gasteiger partial charge >= 0.3 is 6.03 Å². The zero-order chi connectivity index (χ0) is 8.59. The molecule has 0 aromatic heterocycles. The molecule has 62 valence electrons. The summed E-state index contributed by atoms with van der Waals surface area (Å²) in [5, 5.41) is 0. The van der Waals surface area contributed by atoms with Crippen LogP contribution >= 0.6 is 12.6 Å². The summed E-state index contributed by atoms with van der Waals surface area (Å²) in [5.41, 5.74) is 0. The monoisotopic (exact) mass is 174 g/mol. The van der Waals surface area contributed by atoms with E-state index in [2.05, 4.69) is 12.6 Å². The number of imide groups is 1. The molecule has 1 saturated heterocycles. The van der Waals surface area contributed by atoms with E-state index in [1.807, 2.05) is 0 Å². The molecule has 0 saturated carbocycles. The van der Waals surface area contributed by atoms with Crippen LogP contribution in [-0.2, 0) is 4.79 Å². The average Bonchev–Trinajstić information content (AvgIpc) is 2.17. The molecule has 4 nitrogen and oxygen atoms in total. The van der Waals surface area contributed by atoms with Crippen molar-refractivity contribution in [1.29, 1.82) is 0 Å². The molecule has 1 unspecified atom stereocenters. The van der Waals surface area contributed by atoms with Gasteiger partial charge < -0.3 is 4.90 Å². The molecule has 1 heterocycles. The van der Waals surface area contributed by atoms with Gasteiger partial charge in [-0.15, -0.1) is 0 Å². The number of hydrogen-bond acceptors (Lipinski definition) is 3. The number of urea groups is 1. The first kappa shape index (κ1) is 8.39. The number of amides is 3. The van der Waals surface area contributed by atoms with Crippen molar-refractivity contribution in [3.05, 3.63) is 0 Å². The first-order chi connectivity index (χ1) is 5.09. The van der Waals surface area contributed by atoms with E-state index in [-0.39, 0.29) is 18.0 Å². The van der Waals surface area contributed by atoms with Gasteiger partial charge in [0, 0.05) is 19.8 Å². The molecule has 1 rings (SSSR count). The molecule has 1 aliphatic heterocycles. The maximum Gasteiger partial charge on any atom is 0.326 e. The molecule has 1 fully saturated rings. The molecule has 3 amide bonds. The summed E-state index contributed by atoms with van der Waals surface area (Å²) in [6.07, 6.45) is 0. The molecule has 0 spiro atoms. The fraction of sp³-hybridized carbons (Fsp3) is 0.667. The fourth-order valence-electron chi connectivity index (χ4n) is 1.05. The normalized spacial score (nSPS) is 25.2. The van der Waals surface area contributed by atoms with Crippen LogP contribution in [-0.4, -0.2) is 47.6 Å². The lowest BCUT2D eigenvalue weighted by molar-refractivity contribution is -0.126. The number of rotatable bonds is 1. The van der Waals surface area contributed by atoms with E-state index in [1.165, 1.54) is 11.9 Å². The van der Waals surface area contributed by atoms with Crippen LogP contribution in [0.5, 0.6) is 0 Å². The Balaban J connectivity index is 2.86. The smallest absolute Gasteiger partial charge is 0.314 e. The molecule has 0 aromatic carbocycles. The Morgan fingerprint density at radius 1 is 1.45 bits per heavy atom. The Morgan fingerprint density at radius 3 is 2.18 bits per heavy atom. The Morgan fingerprint density at radius 2 is 2.00 bits per heavy atom.